The molecule has 122 valence electrons. The van der Waals surface area contributed by atoms with Gasteiger partial charge in [0.05, 0.1) is 0 Å². The van der Waals surface area contributed by atoms with E-state index in [0.29, 0.717) is 0 Å². The molecule has 3 rings (SSSR count). The van der Waals surface area contributed by atoms with Crippen molar-refractivity contribution in [2.24, 2.45) is 0 Å². The number of benzene rings is 1. The van der Waals surface area contributed by atoms with Gasteiger partial charge in [-0.2, -0.15) is 4.37 Å². The summed E-state index contributed by atoms with van der Waals surface area (Å²) >= 11 is 1.53. The largest absolute Gasteiger partial charge is 0.344 e. The highest BCUT2D eigenvalue weighted by molar-refractivity contribution is 7.09. The van der Waals surface area contributed by atoms with Gasteiger partial charge in [0.1, 0.15) is 5.82 Å². The molecule has 0 saturated carbocycles. The summed E-state index contributed by atoms with van der Waals surface area (Å²) in [5.74, 6) is 0.967. The molecule has 5 heteroatoms. The van der Waals surface area contributed by atoms with Crippen LogP contribution in [-0.4, -0.2) is 47.0 Å². The zero-order chi connectivity index (χ0) is 16.1. The number of aryl methyl sites for hydroxylation is 1. The molecule has 0 radical (unpaired) electrons. The number of piperazine rings is 1. The number of hydrogen-bond donors (Lipinski definition) is 0. The zero-order valence-electron chi connectivity index (χ0n) is 13.9. The monoisotopic (exact) mass is 328 g/mol. The first-order valence-electron chi connectivity index (χ1n) is 8.26. The van der Waals surface area contributed by atoms with E-state index in [2.05, 4.69) is 69.4 Å². The van der Waals surface area contributed by atoms with Crippen molar-refractivity contribution in [3.63, 3.8) is 0 Å². The van der Waals surface area contributed by atoms with E-state index in [0.717, 1.165) is 50.1 Å². The fourth-order valence-electron chi connectivity index (χ4n) is 2.85. The molecule has 0 amide bonds. The van der Waals surface area contributed by atoms with Crippen LogP contribution in [0.15, 0.2) is 35.9 Å². The maximum Gasteiger partial charge on any atom is 0.205 e. The lowest BCUT2D eigenvalue weighted by Crippen LogP contribution is -2.46. The predicted octanol–water partition coefficient (Wildman–Crippen LogP) is 3.33. The Balaban J connectivity index is 1.52. The Morgan fingerprint density at radius 2 is 1.91 bits per heavy atom. The third kappa shape index (κ3) is 4.39. The Morgan fingerprint density at radius 3 is 2.57 bits per heavy atom. The SMILES string of the molecule is CCc1nsc(N2CCN(C/C(C)=C/c3ccccc3)CC2)n1. The molecule has 1 saturated heterocycles. The molecule has 0 atom stereocenters. The summed E-state index contributed by atoms with van der Waals surface area (Å²) in [6.45, 7) is 9.61. The molecule has 4 nitrogen and oxygen atoms in total. The van der Waals surface area contributed by atoms with Crippen molar-refractivity contribution < 1.29 is 0 Å². The highest BCUT2D eigenvalue weighted by Crippen LogP contribution is 2.19. The Kier molecular flexibility index (Phi) is 5.41. The molecule has 0 aliphatic carbocycles. The molecule has 23 heavy (non-hydrogen) atoms. The van der Waals surface area contributed by atoms with Crippen molar-refractivity contribution in [2.75, 3.05) is 37.6 Å². The van der Waals surface area contributed by atoms with Gasteiger partial charge < -0.3 is 4.90 Å². The second-order valence-electron chi connectivity index (χ2n) is 6.01. The summed E-state index contributed by atoms with van der Waals surface area (Å²) < 4.78 is 4.39. The van der Waals surface area contributed by atoms with Crippen LogP contribution in [-0.2, 0) is 6.42 Å². The van der Waals surface area contributed by atoms with Gasteiger partial charge in [0.15, 0.2) is 0 Å². The number of anilines is 1. The van der Waals surface area contributed by atoms with Crippen LogP contribution in [0.5, 0.6) is 0 Å². The Labute approximate surface area is 142 Å². The lowest BCUT2D eigenvalue weighted by molar-refractivity contribution is 0.278. The molecule has 1 aliphatic rings. The first-order valence-corrected chi connectivity index (χ1v) is 9.04. The topological polar surface area (TPSA) is 32.3 Å². The van der Waals surface area contributed by atoms with Gasteiger partial charge in [-0.1, -0.05) is 48.9 Å². The molecular weight excluding hydrogens is 304 g/mol. The standard InChI is InChI=1S/C18H24N4S/c1-3-17-19-18(23-20-17)22-11-9-21(10-12-22)14-15(2)13-16-7-5-4-6-8-16/h4-8,13H,3,9-12,14H2,1-2H3/b15-13+. The number of rotatable bonds is 5. The van der Waals surface area contributed by atoms with Crippen LogP contribution >= 0.6 is 11.5 Å². The summed E-state index contributed by atoms with van der Waals surface area (Å²) in [6, 6.07) is 10.5. The van der Waals surface area contributed by atoms with Crippen molar-refractivity contribution in [1.29, 1.82) is 0 Å². The second kappa shape index (κ2) is 7.70. The maximum atomic E-state index is 4.60. The van der Waals surface area contributed by atoms with Gasteiger partial charge in [-0.25, -0.2) is 4.98 Å². The fourth-order valence-corrected chi connectivity index (χ4v) is 3.65. The molecule has 0 unspecified atom stereocenters. The predicted molar refractivity (Wildman–Crippen MR) is 98.0 cm³/mol. The molecular formula is C18H24N4S. The smallest absolute Gasteiger partial charge is 0.205 e. The molecule has 1 aromatic carbocycles. The average molecular weight is 328 g/mol. The molecule has 1 aliphatic heterocycles. The Hall–Kier alpha value is -1.72. The van der Waals surface area contributed by atoms with Crippen LogP contribution in [0.1, 0.15) is 25.2 Å². The fraction of sp³-hybridized carbons (Fsp3) is 0.444. The van der Waals surface area contributed by atoms with Gasteiger partial charge in [-0.3, -0.25) is 4.90 Å². The molecule has 0 spiro atoms. The van der Waals surface area contributed by atoms with Gasteiger partial charge in [-0.05, 0) is 12.5 Å². The van der Waals surface area contributed by atoms with Crippen molar-refractivity contribution in [1.82, 2.24) is 14.3 Å². The normalized spacial score (nSPS) is 16.8. The number of nitrogens with zero attached hydrogens (tertiary/aromatic N) is 4. The molecule has 1 aromatic heterocycles. The highest BCUT2D eigenvalue weighted by Gasteiger charge is 2.19. The van der Waals surface area contributed by atoms with Crippen molar-refractivity contribution in [3.05, 3.63) is 47.3 Å². The third-order valence-electron chi connectivity index (χ3n) is 4.10. The number of aromatic nitrogens is 2. The third-order valence-corrected chi connectivity index (χ3v) is 4.92. The van der Waals surface area contributed by atoms with E-state index in [-0.39, 0.29) is 0 Å². The van der Waals surface area contributed by atoms with Crippen LogP contribution in [0.4, 0.5) is 5.13 Å². The summed E-state index contributed by atoms with van der Waals surface area (Å²) in [5, 5.41) is 1.08. The number of hydrogen-bond acceptors (Lipinski definition) is 5. The maximum absolute atomic E-state index is 4.60. The van der Waals surface area contributed by atoms with Crippen LogP contribution in [0.3, 0.4) is 0 Å². The summed E-state index contributed by atoms with van der Waals surface area (Å²) in [6.07, 6.45) is 3.20. The second-order valence-corrected chi connectivity index (χ2v) is 6.74. The Bertz CT molecular complexity index is 642. The van der Waals surface area contributed by atoms with Gasteiger partial charge >= 0.3 is 0 Å². The van der Waals surface area contributed by atoms with Crippen molar-refractivity contribution in [3.8, 4) is 0 Å². The lowest BCUT2D eigenvalue weighted by atomic mass is 10.1. The van der Waals surface area contributed by atoms with Crippen molar-refractivity contribution in [2.45, 2.75) is 20.3 Å². The van der Waals surface area contributed by atoms with Gasteiger partial charge in [0.25, 0.3) is 0 Å². The van der Waals surface area contributed by atoms with E-state index in [1.54, 1.807) is 0 Å². The van der Waals surface area contributed by atoms with Crippen LogP contribution in [0.25, 0.3) is 6.08 Å². The van der Waals surface area contributed by atoms with Crippen LogP contribution in [0.2, 0.25) is 0 Å². The minimum Gasteiger partial charge on any atom is -0.344 e. The van der Waals surface area contributed by atoms with E-state index in [9.17, 15) is 0 Å². The summed E-state index contributed by atoms with van der Waals surface area (Å²) in [4.78, 5) is 9.48. The summed E-state index contributed by atoms with van der Waals surface area (Å²) in [5.41, 5.74) is 2.69. The molecule has 1 fully saturated rings. The van der Waals surface area contributed by atoms with Crippen LogP contribution < -0.4 is 4.90 Å². The van der Waals surface area contributed by atoms with Gasteiger partial charge in [-0.15, -0.1) is 0 Å². The van der Waals surface area contributed by atoms with Gasteiger partial charge in [0, 0.05) is 50.7 Å². The van der Waals surface area contributed by atoms with Crippen molar-refractivity contribution >= 4 is 22.7 Å². The first-order chi connectivity index (χ1) is 11.2. The van der Waals surface area contributed by atoms with E-state index in [1.807, 2.05) is 0 Å². The quantitative estimate of drug-likeness (QED) is 0.843. The van der Waals surface area contributed by atoms with Gasteiger partial charge in [0.2, 0.25) is 5.13 Å². The Morgan fingerprint density at radius 1 is 1.17 bits per heavy atom. The van der Waals surface area contributed by atoms with E-state index in [4.69, 9.17) is 0 Å². The minimum absolute atomic E-state index is 0.917. The minimum atomic E-state index is 0.917. The summed E-state index contributed by atoms with van der Waals surface area (Å²) in [7, 11) is 0. The van der Waals surface area contributed by atoms with E-state index in [1.165, 1.54) is 22.7 Å². The first kappa shape index (κ1) is 16.1. The molecule has 2 aromatic rings. The molecule has 2 heterocycles. The van der Waals surface area contributed by atoms with E-state index < -0.39 is 0 Å². The molecule has 0 bridgehead atoms. The zero-order valence-corrected chi connectivity index (χ0v) is 14.7. The van der Waals surface area contributed by atoms with Crippen LogP contribution in [0, 0.1) is 0 Å². The van der Waals surface area contributed by atoms with E-state index >= 15 is 0 Å². The highest BCUT2D eigenvalue weighted by atomic mass is 32.1. The average Bonchev–Trinajstić information content (AvgIpc) is 3.05. The lowest BCUT2D eigenvalue weighted by Gasteiger charge is -2.34. The molecule has 0 N–H and O–H groups in total.